The molecule has 6 aromatic heterocycles. The number of rotatable bonds is 18. The quantitative estimate of drug-likeness (QED) is 0.0760. The van der Waals surface area contributed by atoms with Gasteiger partial charge in [-0.3, -0.25) is 0 Å². The summed E-state index contributed by atoms with van der Waals surface area (Å²) in [7, 11) is -2.92. The maximum atomic E-state index is 8.33. The van der Waals surface area contributed by atoms with Crippen LogP contribution < -0.4 is 10.2 Å². The van der Waals surface area contributed by atoms with Crippen LogP contribution in [0.25, 0.3) is 0 Å². The molecule has 0 spiro atoms. The Morgan fingerprint density at radius 3 is 0.486 bits per heavy atom. The Hall–Kier alpha value is -4.35. The van der Waals surface area contributed by atoms with E-state index in [1.165, 1.54) is 34.2 Å². The van der Waals surface area contributed by atoms with Gasteiger partial charge in [-0.2, -0.15) is 0 Å². The van der Waals surface area contributed by atoms with Gasteiger partial charge in [-0.1, -0.05) is 166 Å². The second kappa shape index (κ2) is 27.6. The standard InChI is InChI=1S/2C27H46BN6.CH2O3.2Ni/c2*1-16(2)22-13-25(19(7)8)32(29-22)28(33-26(20(9)10)14-23(30-33)17(3)4)34-27(21(11)12)15-24(31-34)18(5)6;2-1(3)4;;/h2*13-21,28H,1-12H3;(H2,2,3,4);;/q2*-1;;2*+2/p-2. The molecule has 0 saturated heterocycles. The van der Waals surface area contributed by atoms with E-state index in [2.05, 4.69) is 230 Å². The van der Waals surface area contributed by atoms with Crippen LogP contribution in [-0.2, 0) is 33.0 Å². The van der Waals surface area contributed by atoms with Crippen molar-refractivity contribution in [3.8, 4) is 0 Å². The van der Waals surface area contributed by atoms with Gasteiger partial charge in [-0.25, -0.2) is 30.6 Å². The fourth-order valence-electron chi connectivity index (χ4n) is 9.31. The summed E-state index contributed by atoms with van der Waals surface area (Å²) in [6, 6.07) is 13.7. The fourth-order valence-corrected chi connectivity index (χ4v) is 9.31. The molecule has 19 heteroatoms. The van der Waals surface area contributed by atoms with Crippen molar-refractivity contribution < 1.29 is 48.0 Å². The van der Waals surface area contributed by atoms with Crippen molar-refractivity contribution in [3.05, 3.63) is 105 Å². The molecular weight excluding hydrogens is 1020 g/mol. The molecule has 416 valence electrons. The molecule has 0 radical (unpaired) electrons. The Labute approximate surface area is 465 Å². The minimum Gasteiger partial charge on any atom is -0.652 e. The van der Waals surface area contributed by atoms with E-state index in [9.17, 15) is 0 Å². The van der Waals surface area contributed by atoms with Crippen molar-refractivity contribution in [2.75, 3.05) is 0 Å². The van der Waals surface area contributed by atoms with Gasteiger partial charge in [-0.05, 0) is 114 Å². The molecule has 0 aliphatic rings. The van der Waals surface area contributed by atoms with Crippen molar-refractivity contribution >= 4 is 20.4 Å². The molecule has 6 rings (SSSR count). The molecule has 0 aliphatic carbocycles. The summed E-state index contributed by atoms with van der Waals surface area (Å²) in [5, 5.41) is 48.0. The van der Waals surface area contributed by atoms with Gasteiger partial charge in [0.25, 0.3) is 0 Å². The van der Waals surface area contributed by atoms with Crippen LogP contribution in [0.3, 0.4) is 0 Å². The first-order valence-electron chi connectivity index (χ1n) is 27.2. The molecule has 0 bridgehead atoms. The Balaban J connectivity index is 0.000000461. The van der Waals surface area contributed by atoms with E-state index in [1.54, 1.807) is 0 Å². The van der Waals surface area contributed by atoms with E-state index in [4.69, 9.17) is 45.6 Å². The topological polar surface area (TPSA) is 170 Å². The second-order valence-corrected chi connectivity index (χ2v) is 23.9. The Kier molecular flexibility index (Phi) is 24.5. The van der Waals surface area contributed by atoms with Crippen molar-refractivity contribution in [2.45, 2.75) is 237 Å². The zero-order valence-corrected chi connectivity index (χ0v) is 51.5. The summed E-state index contributed by atoms with van der Waals surface area (Å²) in [6.45, 7) is 53.7. The largest absolute Gasteiger partial charge is 2.00 e. The summed E-state index contributed by atoms with van der Waals surface area (Å²) >= 11 is 0. The molecule has 0 amide bonds. The number of carbonyl (C=O) groups excluding carboxylic acids is 1. The maximum Gasteiger partial charge on any atom is 2.00 e. The number of carboxylic acid groups (broad SMARTS) is 2. The average Bonchev–Trinajstić information content (AvgIpc) is 4.12. The van der Waals surface area contributed by atoms with Crippen LogP contribution in [0.1, 0.15) is 306 Å². The third-order valence-electron chi connectivity index (χ3n) is 13.7. The van der Waals surface area contributed by atoms with Gasteiger partial charge in [0.15, 0.2) is 0 Å². The van der Waals surface area contributed by atoms with Crippen molar-refractivity contribution in [1.29, 1.82) is 0 Å². The van der Waals surface area contributed by atoms with E-state index < -0.39 is 20.4 Å². The van der Waals surface area contributed by atoms with Gasteiger partial charge in [0.05, 0.1) is 34.2 Å². The van der Waals surface area contributed by atoms with E-state index in [0.717, 1.165) is 34.2 Å². The summed E-state index contributed by atoms with van der Waals surface area (Å²) in [5.41, 5.74) is 14.3. The summed E-state index contributed by atoms with van der Waals surface area (Å²) in [4.78, 5) is 8.33. The Bertz CT molecular complexity index is 2220. The normalized spacial score (nSPS) is 12.1. The van der Waals surface area contributed by atoms with Gasteiger partial charge in [0.2, 0.25) is 0 Å². The van der Waals surface area contributed by atoms with Gasteiger partial charge < -0.3 is 42.6 Å². The number of aromatic nitrogens is 12. The summed E-state index contributed by atoms with van der Waals surface area (Å²) < 4.78 is 13.6. The van der Waals surface area contributed by atoms with Crippen molar-refractivity contribution in [2.24, 2.45) is 0 Å². The summed E-state index contributed by atoms with van der Waals surface area (Å²) in [6.07, 6.45) is -2.33. The SMILES string of the molecule is CC(C)c1cc(C(C)C)n([BH-](n2nc(C(C)C)cc2C(C)C)n2nc(C(C)C)cc2C(C)C)n1.CC(C)c1cc(C(C)C)n([BH-](n2nc(C(C)C)cc2C(C)C)n2nc(C(C)C)cc2C(C)C)n1.O=C([O-])[O-].[Ni+2].[Ni+2]. The summed E-state index contributed by atoms with van der Waals surface area (Å²) in [5.74, 6) is 4.25. The maximum absolute atomic E-state index is 8.33. The molecule has 6 aromatic rings. The predicted octanol–water partition coefficient (Wildman–Crippen LogP) is 10.9. The van der Waals surface area contributed by atoms with Crippen LogP contribution in [0.4, 0.5) is 4.79 Å². The van der Waals surface area contributed by atoms with Gasteiger partial charge >= 0.3 is 47.2 Å². The van der Waals surface area contributed by atoms with E-state index in [1.807, 2.05) is 0 Å². The molecule has 0 unspecified atom stereocenters. The minimum atomic E-state index is -2.33. The number of carbonyl (C=O) groups is 1. The second-order valence-electron chi connectivity index (χ2n) is 23.9. The molecule has 0 N–H and O–H groups in total. The number of nitrogens with zero attached hydrogens (tertiary/aromatic N) is 12. The molecule has 0 aromatic carbocycles. The Morgan fingerprint density at radius 2 is 0.405 bits per heavy atom. The molecule has 74 heavy (non-hydrogen) atoms. The number of hydrogen-bond acceptors (Lipinski definition) is 9. The van der Waals surface area contributed by atoms with E-state index >= 15 is 0 Å². The smallest absolute Gasteiger partial charge is 0.652 e. The average molecular weight is 1110 g/mol. The van der Waals surface area contributed by atoms with E-state index in [-0.39, 0.29) is 33.0 Å². The van der Waals surface area contributed by atoms with Gasteiger partial charge in [0, 0.05) is 34.2 Å². The first-order chi connectivity index (χ1) is 33.4. The molecule has 6 heterocycles. The molecule has 0 atom stereocenters. The van der Waals surface area contributed by atoms with Crippen LogP contribution >= 0.6 is 0 Å². The first-order valence-corrected chi connectivity index (χ1v) is 27.2. The van der Waals surface area contributed by atoms with Crippen LogP contribution in [0.15, 0.2) is 36.4 Å². The molecule has 0 saturated carbocycles. The van der Waals surface area contributed by atoms with E-state index in [0.29, 0.717) is 71.0 Å². The molecule has 0 aliphatic heterocycles. The first kappa shape index (κ1) is 65.8. The minimum absolute atomic E-state index is 0. The fraction of sp³-hybridized carbons (Fsp3) is 0.655. The monoisotopic (exact) mass is 1110 g/mol. The van der Waals surface area contributed by atoms with Crippen molar-refractivity contribution in [3.63, 3.8) is 0 Å². The number of hydrogen-bond donors (Lipinski definition) is 0. The molecule has 0 fully saturated rings. The van der Waals surface area contributed by atoms with Crippen LogP contribution in [-0.4, -0.2) is 78.5 Å². The zero-order chi connectivity index (χ0) is 54.5. The molecule has 15 nitrogen and oxygen atoms in total. The van der Waals surface area contributed by atoms with Crippen molar-refractivity contribution in [1.82, 2.24) is 58.1 Å². The zero-order valence-electron chi connectivity index (χ0n) is 49.5. The third-order valence-corrected chi connectivity index (χ3v) is 13.7. The predicted molar refractivity (Wildman–Crippen MR) is 295 cm³/mol. The molecular formula is C55H92B2N12Ni2O3. The van der Waals surface area contributed by atoms with Crippen LogP contribution in [0.2, 0.25) is 0 Å². The van der Waals surface area contributed by atoms with Crippen LogP contribution in [0.5, 0.6) is 0 Å². The van der Waals surface area contributed by atoms with Gasteiger partial charge in [0.1, 0.15) is 0 Å². The van der Waals surface area contributed by atoms with Gasteiger partial charge in [-0.15, -0.1) is 0 Å². The third kappa shape index (κ3) is 15.4. The Morgan fingerprint density at radius 1 is 0.297 bits per heavy atom. The van der Waals surface area contributed by atoms with Crippen LogP contribution in [0, 0.1) is 0 Å².